The summed E-state index contributed by atoms with van der Waals surface area (Å²) in [6.07, 6.45) is 1.85. The average molecular weight is 453 g/mol. The number of piperidine rings is 1. The number of benzene rings is 2. The van der Waals surface area contributed by atoms with Gasteiger partial charge >= 0.3 is 0 Å². The topological polar surface area (TPSA) is 71.7 Å². The van der Waals surface area contributed by atoms with Crippen LogP contribution in [0.25, 0.3) is 10.2 Å². The van der Waals surface area contributed by atoms with Gasteiger partial charge in [0.2, 0.25) is 0 Å². The Labute approximate surface area is 194 Å². The first-order chi connectivity index (χ1) is 15.3. The van der Waals surface area contributed by atoms with E-state index < -0.39 is 0 Å². The number of rotatable bonds is 5. The molecular formula is C25H32N4O2S. The van der Waals surface area contributed by atoms with Crippen molar-refractivity contribution in [1.82, 2.24) is 9.88 Å². The monoisotopic (exact) mass is 452 g/mol. The Hall–Kier alpha value is -2.80. The molecule has 0 bridgehead atoms. The maximum atomic E-state index is 12.9. The second-order valence-corrected chi connectivity index (χ2v) is 9.73. The Balaban J connectivity index is 1.35. The van der Waals surface area contributed by atoms with E-state index in [2.05, 4.69) is 23.1 Å². The van der Waals surface area contributed by atoms with Crippen molar-refractivity contribution in [3.05, 3.63) is 46.5 Å². The van der Waals surface area contributed by atoms with Crippen LogP contribution in [0.1, 0.15) is 35.1 Å². The molecule has 1 fully saturated rings. The fourth-order valence-electron chi connectivity index (χ4n) is 4.40. The molecular weight excluding hydrogens is 420 g/mol. The van der Waals surface area contributed by atoms with E-state index in [0.717, 1.165) is 70.3 Å². The molecule has 0 radical (unpaired) electrons. The van der Waals surface area contributed by atoms with Gasteiger partial charge in [0.25, 0.3) is 5.91 Å². The number of nitrogens with two attached hydrogens (primary N) is 1. The lowest BCUT2D eigenvalue weighted by Crippen LogP contribution is -2.47. The Morgan fingerprint density at radius 2 is 1.75 bits per heavy atom. The summed E-state index contributed by atoms with van der Waals surface area (Å²) in [5, 5.41) is 1.07. The summed E-state index contributed by atoms with van der Waals surface area (Å²) in [5.41, 5.74) is 12.1. The van der Waals surface area contributed by atoms with E-state index in [-0.39, 0.29) is 18.6 Å². The van der Waals surface area contributed by atoms with Gasteiger partial charge in [0.1, 0.15) is 5.75 Å². The molecule has 2 heterocycles. The minimum atomic E-state index is 0.00867. The van der Waals surface area contributed by atoms with Gasteiger partial charge in [-0.05, 0) is 74.9 Å². The highest BCUT2D eigenvalue weighted by Crippen LogP contribution is 2.34. The minimum absolute atomic E-state index is 0.00867. The minimum Gasteiger partial charge on any atom is -0.483 e. The molecule has 0 atom stereocenters. The number of carbonyl (C=O) groups excluding carboxylic acids is 1. The van der Waals surface area contributed by atoms with Crippen LogP contribution in [0.15, 0.2) is 24.3 Å². The average Bonchev–Trinajstić information content (AvgIpc) is 3.25. The molecule has 4 rings (SSSR count). The van der Waals surface area contributed by atoms with E-state index in [4.69, 9.17) is 15.5 Å². The summed E-state index contributed by atoms with van der Waals surface area (Å²) in [6.45, 7) is 9.83. The number of para-hydroxylation sites is 1. The molecule has 1 aliphatic rings. The number of thiazole rings is 1. The molecule has 0 unspecified atom stereocenters. The van der Waals surface area contributed by atoms with E-state index in [9.17, 15) is 4.79 Å². The van der Waals surface area contributed by atoms with Crippen molar-refractivity contribution in [3.63, 3.8) is 0 Å². The molecule has 2 N–H and O–H groups in total. The van der Waals surface area contributed by atoms with Crippen LogP contribution >= 0.6 is 11.3 Å². The molecule has 32 heavy (non-hydrogen) atoms. The predicted octanol–water partition coefficient (Wildman–Crippen LogP) is 4.62. The Bertz CT molecular complexity index is 1090. The molecule has 0 spiro atoms. The van der Waals surface area contributed by atoms with Crippen molar-refractivity contribution < 1.29 is 9.53 Å². The van der Waals surface area contributed by atoms with Crippen molar-refractivity contribution >= 4 is 38.3 Å². The standard InChI is InChI=1S/C25H32N4O2S/c1-15-17(3)24(18(4)16(2)23(15)26)31-14-22(30)28(5)19-10-12-29(13-11-19)25-27-20-8-6-7-9-21(20)32-25/h6-9,19H,10-14,26H2,1-5H3. The van der Waals surface area contributed by atoms with Crippen LogP contribution in [0.2, 0.25) is 0 Å². The second kappa shape index (κ2) is 8.98. The number of carbonyl (C=O) groups is 1. The molecule has 1 aliphatic heterocycles. The third-order valence-corrected chi connectivity index (χ3v) is 8.01. The smallest absolute Gasteiger partial charge is 0.260 e. The molecule has 0 saturated carbocycles. The van der Waals surface area contributed by atoms with Crippen molar-refractivity contribution in [2.75, 3.05) is 37.4 Å². The molecule has 170 valence electrons. The zero-order valence-corrected chi connectivity index (χ0v) is 20.4. The highest BCUT2D eigenvalue weighted by molar-refractivity contribution is 7.22. The van der Waals surface area contributed by atoms with E-state index in [0.29, 0.717) is 0 Å². The van der Waals surface area contributed by atoms with Crippen LogP contribution in [0.5, 0.6) is 5.75 Å². The number of hydrogen-bond donors (Lipinski definition) is 1. The highest BCUT2D eigenvalue weighted by Gasteiger charge is 2.27. The maximum absolute atomic E-state index is 12.9. The lowest BCUT2D eigenvalue weighted by atomic mass is 9.97. The van der Waals surface area contributed by atoms with Gasteiger partial charge in [0.05, 0.1) is 10.2 Å². The quantitative estimate of drug-likeness (QED) is 0.572. The number of anilines is 2. The first kappa shape index (κ1) is 22.4. The first-order valence-corrected chi connectivity index (χ1v) is 11.9. The van der Waals surface area contributed by atoms with Gasteiger partial charge < -0.3 is 20.3 Å². The summed E-state index contributed by atoms with van der Waals surface area (Å²) in [6, 6.07) is 8.46. The third kappa shape index (κ3) is 4.13. The SMILES string of the molecule is Cc1c(C)c(OCC(=O)N(C)C2CCN(c3nc4ccccc4s3)CC2)c(C)c(C)c1N. The van der Waals surface area contributed by atoms with Gasteiger partial charge in [-0.2, -0.15) is 0 Å². The molecule has 0 aliphatic carbocycles. The van der Waals surface area contributed by atoms with Gasteiger partial charge in [-0.1, -0.05) is 23.5 Å². The predicted molar refractivity (Wildman–Crippen MR) is 133 cm³/mol. The van der Waals surface area contributed by atoms with Crippen LogP contribution in [-0.4, -0.2) is 48.6 Å². The van der Waals surface area contributed by atoms with Crippen molar-refractivity contribution in [1.29, 1.82) is 0 Å². The second-order valence-electron chi connectivity index (χ2n) is 8.72. The van der Waals surface area contributed by atoms with Crippen LogP contribution < -0.4 is 15.4 Å². The van der Waals surface area contributed by atoms with Gasteiger partial charge in [-0.15, -0.1) is 0 Å². The van der Waals surface area contributed by atoms with E-state index in [1.807, 2.05) is 45.7 Å². The zero-order valence-electron chi connectivity index (χ0n) is 19.6. The Kier molecular flexibility index (Phi) is 6.29. The molecule has 7 heteroatoms. The molecule has 6 nitrogen and oxygen atoms in total. The molecule has 1 saturated heterocycles. The number of nitrogen functional groups attached to an aromatic ring is 1. The number of hydrogen-bond acceptors (Lipinski definition) is 6. The number of aromatic nitrogens is 1. The fraction of sp³-hybridized carbons (Fsp3) is 0.440. The van der Waals surface area contributed by atoms with E-state index in [1.54, 1.807) is 11.3 Å². The lowest BCUT2D eigenvalue weighted by molar-refractivity contribution is -0.134. The Morgan fingerprint density at radius 1 is 1.12 bits per heavy atom. The van der Waals surface area contributed by atoms with Crippen LogP contribution in [0, 0.1) is 27.7 Å². The maximum Gasteiger partial charge on any atom is 0.260 e. The van der Waals surface area contributed by atoms with Crippen molar-refractivity contribution in [3.8, 4) is 5.75 Å². The molecule has 1 aromatic heterocycles. The van der Waals surface area contributed by atoms with Crippen molar-refractivity contribution in [2.45, 2.75) is 46.6 Å². The molecule has 2 aromatic carbocycles. The number of amides is 1. The number of fused-ring (bicyclic) bond motifs is 1. The van der Waals surface area contributed by atoms with Crippen LogP contribution in [-0.2, 0) is 4.79 Å². The summed E-state index contributed by atoms with van der Waals surface area (Å²) in [7, 11) is 1.89. The van der Waals surface area contributed by atoms with E-state index in [1.165, 1.54) is 4.70 Å². The van der Waals surface area contributed by atoms with Crippen LogP contribution in [0.4, 0.5) is 10.8 Å². The summed E-state index contributed by atoms with van der Waals surface area (Å²) >= 11 is 1.74. The highest BCUT2D eigenvalue weighted by atomic mass is 32.1. The third-order valence-electron chi connectivity index (χ3n) is 6.91. The number of ether oxygens (including phenoxy) is 1. The summed E-state index contributed by atoms with van der Waals surface area (Å²) in [4.78, 5) is 21.9. The van der Waals surface area contributed by atoms with Crippen LogP contribution in [0.3, 0.4) is 0 Å². The van der Waals surface area contributed by atoms with Crippen molar-refractivity contribution in [2.24, 2.45) is 0 Å². The zero-order chi connectivity index (χ0) is 23.0. The van der Waals surface area contributed by atoms with E-state index >= 15 is 0 Å². The lowest BCUT2D eigenvalue weighted by Gasteiger charge is -2.36. The molecule has 1 amide bonds. The fourth-order valence-corrected chi connectivity index (χ4v) is 5.42. The first-order valence-electron chi connectivity index (χ1n) is 11.1. The van der Waals surface area contributed by atoms with Gasteiger partial charge in [0, 0.05) is 31.9 Å². The normalized spacial score (nSPS) is 14.7. The Morgan fingerprint density at radius 3 is 2.38 bits per heavy atom. The largest absolute Gasteiger partial charge is 0.483 e. The summed E-state index contributed by atoms with van der Waals surface area (Å²) in [5.74, 6) is 0.788. The molecule has 3 aromatic rings. The van der Waals surface area contributed by atoms with Gasteiger partial charge in [-0.25, -0.2) is 4.98 Å². The number of nitrogens with zero attached hydrogens (tertiary/aromatic N) is 3. The van der Waals surface area contributed by atoms with Gasteiger partial charge in [0.15, 0.2) is 11.7 Å². The number of likely N-dealkylation sites (N-methyl/N-ethyl adjacent to an activating group) is 1. The summed E-state index contributed by atoms with van der Waals surface area (Å²) < 4.78 is 7.23. The van der Waals surface area contributed by atoms with Gasteiger partial charge in [-0.3, -0.25) is 4.79 Å².